The molecule has 2 amide bonds. The summed E-state index contributed by atoms with van der Waals surface area (Å²) in [6.45, 7) is 4.05. The standard InChI is InChI=1S/C29H55N3O3/c1-2-3-4-5-6-7-8-9-10-11-12-13-14-15-16-19-23-31-28(33)27-21-18-17-20-26(27)25-35-29(34)32-24-22-30/h17-18,26-27H,2-16,19-25,30H2,1H3,(H,31,33)(H,32,34). The van der Waals surface area contributed by atoms with Crippen LogP contribution in [0.15, 0.2) is 12.2 Å². The normalized spacial score (nSPS) is 17.3. The molecule has 204 valence electrons. The van der Waals surface area contributed by atoms with Crippen LogP contribution in [0.1, 0.15) is 122 Å². The van der Waals surface area contributed by atoms with Gasteiger partial charge in [0.05, 0.1) is 6.61 Å². The lowest BCUT2D eigenvalue weighted by molar-refractivity contribution is -0.127. The second kappa shape index (κ2) is 22.9. The third-order valence-corrected chi connectivity index (χ3v) is 7.07. The van der Waals surface area contributed by atoms with Crippen LogP contribution < -0.4 is 16.4 Å². The molecule has 0 spiro atoms. The Hall–Kier alpha value is -1.56. The molecule has 0 aromatic carbocycles. The second-order valence-corrected chi connectivity index (χ2v) is 10.2. The molecule has 2 atom stereocenters. The predicted molar refractivity (Wildman–Crippen MR) is 146 cm³/mol. The highest BCUT2D eigenvalue weighted by Crippen LogP contribution is 2.26. The van der Waals surface area contributed by atoms with Crippen molar-refractivity contribution in [3.63, 3.8) is 0 Å². The number of carbonyl (C=O) groups excluding carboxylic acids is 2. The fraction of sp³-hybridized carbons (Fsp3) is 0.862. The van der Waals surface area contributed by atoms with Crippen LogP contribution in [0.4, 0.5) is 4.79 Å². The molecule has 1 aliphatic rings. The summed E-state index contributed by atoms with van der Waals surface area (Å²) in [5.41, 5.74) is 5.38. The van der Waals surface area contributed by atoms with Crippen molar-refractivity contribution in [2.24, 2.45) is 17.6 Å². The van der Waals surface area contributed by atoms with E-state index in [1.54, 1.807) is 0 Å². The molecular weight excluding hydrogens is 438 g/mol. The van der Waals surface area contributed by atoms with E-state index in [0.717, 1.165) is 19.4 Å². The molecular formula is C29H55N3O3. The van der Waals surface area contributed by atoms with Gasteiger partial charge in [0.2, 0.25) is 5.91 Å². The first-order chi connectivity index (χ1) is 17.2. The molecule has 0 aliphatic heterocycles. The van der Waals surface area contributed by atoms with Gasteiger partial charge in [-0.2, -0.15) is 0 Å². The first kappa shape index (κ1) is 31.5. The molecule has 6 nitrogen and oxygen atoms in total. The Kier molecular flexibility index (Phi) is 20.6. The van der Waals surface area contributed by atoms with Gasteiger partial charge < -0.3 is 21.1 Å². The third-order valence-electron chi connectivity index (χ3n) is 7.07. The molecule has 0 saturated heterocycles. The van der Waals surface area contributed by atoms with Crippen LogP contribution in [0.2, 0.25) is 0 Å². The summed E-state index contributed by atoms with van der Waals surface area (Å²) in [7, 11) is 0. The highest BCUT2D eigenvalue weighted by Gasteiger charge is 2.29. The smallest absolute Gasteiger partial charge is 0.407 e. The molecule has 0 aromatic rings. The van der Waals surface area contributed by atoms with Crippen molar-refractivity contribution < 1.29 is 14.3 Å². The number of nitrogens with one attached hydrogen (secondary N) is 2. The summed E-state index contributed by atoms with van der Waals surface area (Å²) in [5.74, 6) is 0.00376. The minimum absolute atomic E-state index is 0.0365. The lowest BCUT2D eigenvalue weighted by Crippen LogP contribution is -2.39. The molecule has 1 rings (SSSR count). The zero-order valence-corrected chi connectivity index (χ0v) is 22.7. The highest BCUT2D eigenvalue weighted by atomic mass is 16.5. The van der Waals surface area contributed by atoms with E-state index in [9.17, 15) is 9.59 Å². The topological polar surface area (TPSA) is 93.4 Å². The Morgan fingerprint density at radius 1 is 0.743 bits per heavy atom. The minimum atomic E-state index is -0.461. The number of hydrogen-bond acceptors (Lipinski definition) is 4. The average Bonchev–Trinajstić information content (AvgIpc) is 2.88. The molecule has 1 aliphatic carbocycles. The van der Waals surface area contributed by atoms with E-state index in [1.165, 1.54) is 96.3 Å². The number of ether oxygens (including phenoxy) is 1. The van der Waals surface area contributed by atoms with Gasteiger partial charge in [-0.3, -0.25) is 4.79 Å². The van der Waals surface area contributed by atoms with Gasteiger partial charge in [0.15, 0.2) is 0 Å². The van der Waals surface area contributed by atoms with Crippen molar-refractivity contribution in [1.82, 2.24) is 10.6 Å². The zero-order chi connectivity index (χ0) is 25.4. The SMILES string of the molecule is CCCCCCCCCCCCCCCCCCNC(=O)C1CC=CCC1COC(=O)NCCN. The average molecular weight is 494 g/mol. The van der Waals surface area contributed by atoms with E-state index in [0.29, 0.717) is 19.5 Å². The molecule has 6 heteroatoms. The van der Waals surface area contributed by atoms with Crippen molar-refractivity contribution >= 4 is 12.0 Å². The molecule has 0 radical (unpaired) electrons. The van der Waals surface area contributed by atoms with E-state index in [2.05, 4.69) is 29.7 Å². The van der Waals surface area contributed by atoms with Gasteiger partial charge in [-0.05, 0) is 19.3 Å². The van der Waals surface area contributed by atoms with Gasteiger partial charge in [0.1, 0.15) is 0 Å². The Morgan fingerprint density at radius 3 is 1.80 bits per heavy atom. The largest absolute Gasteiger partial charge is 0.449 e. The van der Waals surface area contributed by atoms with E-state index < -0.39 is 6.09 Å². The Bertz CT molecular complexity index is 553. The number of unbranched alkanes of at least 4 members (excludes halogenated alkanes) is 15. The van der Waals surface area contributed by atoms with Crippen LogP contribution in [-0.2, 0) is 9.53 Å². The lowest BCUT2D eigenvalue weighted by atomic mass is 9.83. The Labute approximate surface area is 215 Å². The van der Waals surface area contributed by atoms with Crippen LogP contribution in [-0.4, -0.2) is 38.2 Å². The fourth-order valence-electron chi connectivity index (χ4n) is 4.80. The van der Waals surface area contributed by atoms with Gasteiger partial charge in [-0.25, -0.2) is 4.79 Å². The molecule has 0 fully saturated rings. The van der Waals surface area contributed by atoms with Crippen molar-refractivity contribution in [2.75, 3.05) is 26.2 Å². The van der Waals surface area contributed by atoms with E-state index in [1.807, 2.05) is 0 Å². The molecule has 35 heavy (non-hydrogen) atoms. The molecule has 0 saturated carbocycles. The van der Waals surface area contributed by atoms with Crippen LogP contribution in [0.25, 0.3) is 0 Å². The van der Waals surface area contributed by atoms with Gasteiger partial charge in [0.25, 0.3) is 0 Å². The van der Waals surface area contributed by atoms with E-state index in [-0.39, 0.29) is 24.3 Å². The lowest BCUT2D eigenvalue weighted by Gasteiger charge is -2.27. The Morgan fingerprint density at radius 2 is 1.26 bits per heavy atom. The number of nitrogens with two attached hydrogens (primary N) is 1. The number of alkyl carbamates (subject to hydrolysis) is 1. The molecule has 2 unspecified atom stereocenters. The van der Waals surface area contributed by atoms with E-state index >= 15 is 0 Å². The van der Waals surface area contributed by atoms with Crippen LogP contribution in [0, 0.1) is 11.8 Å². The first-order valence-electron chi connectivity index (χ1n) is 14.7. The number of hydrogen-bond donors (Lipinski definition) is 3. The van der Waals surface area contributed by atoms with Gasteiger partial charge >= 0.3 is 6.09 Å². The molecule has 0 heterocycles. The van der Waals surface area contributed by atoms with E-state index in [4.69, 9.17) is 10.5 Å². The summed E-state index contributed by atoms with van der Waals surface area (Å²) in [5, 5.41) is 5.71. The first-order valence-corrected chi connectivity index (χ1v) is 14.7. The van der Waals surface area contributed by atoms with Crippen molar-refractivity contribution in [3.8, 4) is 0 Å². The van der Waals surface area contributed by atoms with Crippen LogP contribution in [0.5, 0.6) is 0 Å². The molecule has 4 N–H and O–H groups in total. The summed E-state index contributed by atoms with van der Waals surface area (Å²) in [6, 6.07) is 0. The van der Waals surface area contributed by atoms with Gasteiger partial charge in [-0.1, -0.05) is 115 Å². The summed E-state index contributed by atoms with van der Waals surface area (Å²) < 4.78 is 5.28. The molecule has 0 bridgehead atoms. The van der Waals surface area contributed by atoms with Crippen molar-refractivity contribution in [2.45, 2.75) is 122 Å². The van der Waals surface area contributed by atoms with Gasteiger partial charge in [0, 0.05) is 31.5 Å². The quantitative estimate of drug-likeness (QED) is 0.116. The number of allylic oxidation sites excluding steroid dienone is 2. The summed E-state index contributed by atoms with van der Waals surface area (Å²) in [4.78, 5) is 24.3. The predicted octanol–water partition coefficient (Wildman–Crippen LogP) is 6.63. The van der Waals surface area contributed by atoms with Gasteiger partial charge in [-0.15, -0.1) is 0 Å². The third kappa shape index (κ3) is 17.5. The maximum atomic E-state index is 12.7. The maximum absolute atomic E-state index is 12.7. The summed E-state index contributed by atoms with van der Waals surface area (Å²) >= 11 is 0. The number of rotatable bonds is 22. The Balaban J connectivity index is 1.95. The zero-order valence-electron chi connectivity index (χ0n) is 22.7. The second-order valence-electron chi connectivity index (χ2n) is 10.2. The maximum Gasteiger partial charge on any atom is 0.407 e. The molecule has 0 aromatic heterocycles. The number of amides is 2. The fourth-order valence-corrected chi connectivity index (χ4v) is 4.80. The monoisotopic (exact) mass is 493 g/mol. The summed E-state index contributed by atoms with van der Waals surface area (Å²) in [6.07, 6.45) is 26.7. The minimum Gasteiger partial charge on any atom is -0.449 e. The van der Waals surface area contributed by atoms with Crippen molar-refractivity contribution in [1.29, 1.82) is 0 Å². The number of carbonyl (C=O) groups is 2. The van der Waals surface area contributed by atoms with Crippen LogP contribution in [0.3, 0.4) is 0 Å². The van der Waals surface area contributed by atoms with Crippen LogP contribution >= 0.6 is 0 Å². The highest BCUT2D eigenvalue weighted by molar-refractivity contribution is 5.79. The van der Waals surface area contributed by atoms with Crippen molar-refractivity contribution in [3.05, 3.63) is 12.2 Å².